The molecule has 2 rings (SSSR count). The Kier molecular flexibility index (Phi) is 2.03. The van der Waals surface area contributed by atoms with Crippen molar-refractivity contribution in [2.45, 2.75) is 25.2 Å². The molecule has 1 fully saturated rings. The van der Waals surface area contributed by atoms with Gasteiger partial charge in [-0.3, -0.25) is 0 Å². The van der Waals surface area contributed by atoms with E-state index in [2.05, 4.69) is 41.1 Å². The van der Waals surface area contributed by atoms with Crippen LogP contribution in [0.2, 0.25) is 0 Å². The van der Waals surface area contributed by atoms with Gasteiger partial charge in [0.1, 0.15) is 6.29 Å². The first-order chi connectivity index (χ1) is 6.16. The molecule has 1 aromatic carbocycles. The van der Waals surface area contributed by atoms with Gasteiger partial charge >= 0.3 is 0 Å². The number of carbonyl (C=O) groups is 1. The Hall–Kier alpha value is -0.630. The summed E-state index contributed by atoms with van der Waals surface area (Å²) in [5.74, 6) is 0. The third-order valence-electron chi connectivity index (χ3n) is 2.63. The molecule has 0 aliphatic heterocycles. The number of carbonyl (C=O) groups excluding carboxylic acids is 1. The number of benzene rings is 1. The molecule has 0 spiro atoms. The van der Waals surface area contributed by atoms with Gasteiger partial charge < -0.3 is 4.79 Å². The van der Waals surface area contributed by atoms with E-state index in [9.17, 15) is 4.79 Å². The highest BCUT2D eigenvalue weighted by molar-refractivity contribution is 9.10. The van der Waals surface area contributed by atoms with Crippen LogP contribution < -0.4 is 0 Å². The van der Waals surface area contributed by atoms with Crippen LogP contribution in [0.25, 0.3) is 0 Å². The summed E-state index contributed by atoms with van der Waals surface area (Å²) >= 11 is 3.45. The number of rotatable bonds is 2. The zero-order valence-corrected chi connectivity index (χ0v) is 9.10. The van der Waals surface area contributed by atoms with Crippen LogP contribution in [-0.2, 0) is 10.2 Å². The van der Waals surface area contributed by atoms with Gasteiger partial charge in [0, 0.05) is 4.47 Å². The Labute approximate surface area is 86.3 Å². The number of aldehydes is 1. The van der Waals surface area contributed by atoms with Crippen molar-refractivity contribution < 1.29 is 4.79 Å². The molecule has 0 heterocycles. The standard InChI is InChI=1S/C11H11BrO/c1-8-4-9(6-10(12)5-8)11(7-13)2-3-11/h4-7H,2-3H2,1H3. The Morgan fingerprint density at radius 2 is 2.08 bits per heavy atom. The fourth-order valence-electron chi connectivity index (χ4n) is 1.63. The topological polar surface area (TPSA) is 17.1 Å². The molecule has 13 heavy (non-hydrogen) atoms. The van der Waals surface area contributed by atoms with Gasteiger partial charge in [-0.15, -0.1) is 0 Å². The Bertz CT molecular complexity index is 333. The van der Waals surface area contributed by atoms with Gasteiger partial charge in [-0.25, -0.2) is 0 Å². The van der Waals surface area contributed by atoms with Crippen LogP contribution in [0, 0.1) is 6.92 Å². The molecule has 0 atom stereocenters. The molecule has 0 amide bonds. The molecule has 1 aliphatic carbocycles. The van der Waals surface area contributed by atoms with E-state index in [1.165, 1.54) is 5.56 Å². The maximum Gasteiger partial charge on any atom is 0.130 e. The van der Waals surface area contributed by atoms with E-state index in [-0.39, 0.29) is 5.41 Å². The average Bonchev–Trinajstić information content (AvgIpc) is 2.82. The van der Waals surface area contributed by atoms with E-state index >= 15 is 0 Å². The summed E-state index contributed by atoms with van der Waals surface area (Å²) in [5.41, 5.74) is 2.22. The SMILES string of the molecule is Cc1cc(Br)cc(C2(C=O)CC2)c1. The summed E-state index contributed by atoms with van der Waals surface area (Å²) in [6.07, 6.45) is 3.10. The van der Waals surface area contributed by atoms with Crippen molar-refractivity contribution in [3.05, 3.63) is 33.8 Å². The summed E-state index contributed by atoms with van der Waals surface area (Å²) in [5, 5.41) is 0. The van der Waals surface area contributed by atoms with Crippen molar-refractivity contribution in [2.24, 2.45) is 0 Å². The molecule has 1 nitrogen and oxygen atoms in total. The fourth-order valence-corrected chi connectivity index (χ4v) is 2.24. The molecule has 68 valence electrons. The Balaban J connectivity index is 2.46. The van der Waals surface area contributed by atoms with Gasteiger partial charge in [0.15, 0.2) is 0 Å². The quantitative estimate of drug-likeness (QED) is 0.725. The van der Waals surface area contributed by atoms with Crippen molar-refractivity contribution in [1.82, 2.24) is 0 Å². The van der Waals surface area contributed by atoms with Gasteiger partial charge in [-0.2, -0.15) is 0 Å². The summed E-state index contributed by atoms with van der Waals surface area (Å²) < 4.78 is 1.07. The van der Waals surface area contributed by atoms with Gasteiger partial charge in [0.2, 0.25) is 0 Å². The third-order valence-corrected chi connectivity index (χ3v) is 3.09. The molecule has 0 bridgehead atoms. The van der Waals surface area contributed by atoms with Crippen LogP contribution in [0.15, 0.2) is 22.7 Å². The normalized spacial score (nSPS) is 18.3. The first kappa shape index (κ1) is 8.95. The van der Waals surface area contributed by atoms with Gasteiger partial charge in [-0.1, -0.05) is 22.0 Å². The smallest absolute Gasteiger partial charge is 0.130 e. The van der Waals surface area contributed by atoms with Crippen LogP contribution in [0.5, 0.6) is 0 Å². The maximum absolute atomic E-state index is 10.9. The first-order valence-corrected chi connectivity index (χ1v) is 5.20. The predicted molar refractivity (Wildman–Crippen MR) is 55.9 cm³/mol. The minimum atomic E-state index is -0.144. The van der Waals surface area contributed by atoms with Crippen molar-refractivity contribution in [3.63, 3.8) is 0 Å². The second-order valence-electron chi connectivity index (χ2n) is 3.79. The largest absolute Gasteiger partial charge is 0.302 e. The molecular formula is C11H11BrO. The second-order valence-corrected chi connectivity index (χ2v) is 4.71. The van der Waals surface area contributed by atoms with Crippen molar-refractivity contribution in [2.75, 3.05) is 0 Å². The van der Waals surface area contributed by atoms with Crippen LogP contribution in [0.3, 0.4) is 0 Å². The van der Waals surface area contributed by atoms with E-state index in [1.807, 2.05) is 0 Å². The zero-order valence-electron chi connectivity index (χ0n) is 7.51. The van der Waals surface area contributed by atoms with Gasteiger partial charge in [0.25, 0.3) is 0 Å². The van der Waals surface area contributed by atoms with Crippen LogP contribution in [0.4, 0.5) is 0 Å². The molecule has 1 saturated carbocycles. The lowest BCUT2D eigenvalue weighted by Crippen LogP contribution is -2.07. The van der Waals surface area contributed by atoms with Gasteiger partial charge in [0.05, 0.1) is 5.41 Å². The highest BCUT2D eigenvalue weighted by atomic mass is 79.9. The number of hydrogen-bond donors (Lipinski definition) is 0. The zero-order chi connectivity index (χ0) is 9.47. The van der Waals surface area contributed by atoms with Crippen LogP contribution >= 0.6 is 15.9 Å². The summed E-state index contributed by atoms with van der Waals surface area (Å²) in [4.78, 5) is 10.9. The molecule has 1 aliphatic rings. The molecule has 1 aromatic rings. The van der Waals surface area contributed by atoms with Crippen molar-refractivity contribution >= 4 is 22.2 Å². The number of aryl methyl sites for hydroxylation is 1. The summed E-state index contributed by atoms with van der Waals surface area (Å²) in [6.45, 7) is 2.05. The van der Waals surface area contributed by atoms with E-state index in [0.717, 1.165) is 29.2 Å². The van der Waals surface area contributed by atoms with E-state index in [0.29, 0.717) is 0 Å². The lowest BCUT2D eigenvalue weighted by atomic mass is 9.96. The monoisotopic (exact) mass is 238 g/mol. The third kappa shape index (κ3) is 1.55. The first-order valence-electron chi connectivity index (χ1n) is 4.40. The molecule has 0 aromatic heterocycles. The van der Waals surface area contributed by atoms with Crippen molar-refractivity contribution in [3.8, 4) is 0 Å². The highest BCUT2D eigenvalue weighted by Crippen LogP contribution is 2.46. The minimum absolute atomic E-state index is 0.144. The van der Waals surface area contributed by atoms with E-state index < -0.39 is 0 Å². The molecular weight excluding hydrogens is 228 g/mol. The lowest BCUT2D eigenvalue weighted by molar-refractivity contribution is -0.109. The minimum Gasteiger partial charge on any atom is -0.302 e. The van der Waals surface area contributed by atoms with Crippen LogP contribution in [-0.4, -0.2) is 6.29 Å². The summed E-state index contributed by atoms with van der Waals surface area (Å²) in [7, 11) is 0. The van der Waals surface area contributed by atoms with Crippen molar-refractivity contribution in [1.29, 1.82) is 0 Å². The lowest BCUT2D eigenvalue weighted by Gasteiger charge is -2.08. The molecule has 0 radical (unpaired) electrons. The van der Waals surface area contributed by atoms with Gasteiger partial charge in [-0.05, 0) is 43.0 Å². The number of hydrogen-bond acceptors (Lipinski definition) is 1. The predicted octanol–water partition coefficient (Wildman–Crippen LogP) is 2.99. The summed E-state index contributed by atoms with van der Waals surface area (Å²) in [6, 6.07) is 6.21. The molecule has 0 saturated heterocycles. The molecule has 0 unspecified atom stereocenters. The Morgan fingerprint density at radius 1 is 1.38 bits per heavy atom. The van der Waals surface area contributed by atoms with Crippen LogP contribution in [0.1, 0.15) is 24.0 Å². The second kappa shape index (κ2) is 2.95. The molecule has 2 heteroatoms. The maximum atomic E-state index is 10.9. The molecule has 0 N–H and O–H groups in total. The Morgan fingerprint density at radius 3 is 2.54 bits per heavy atom. The average molecular weight is 239 g/mol. The highest BCUT2D eigenvalue weighted by Gasteiger charge is 2.44. The fraction of sp³-hybridized carbons (Fsp3) is 0.364. The number of halogens is 1. The van der Waals surface area contributed by atoms with E-state index in [1.54, 1.807) is 0 Å². The van der Waals surface area contributed by atoms with E-state index in [4.69, 9.17) is 0 Å².